The van der Waals surface area contributed by atoms with Crippen molar-refractivity contribution in [3.63, 3.8) is 0 Å². The predicted molar refractivity (Wildman–Crippen MR) is 207 cm³/mol. The van der Waals surface area contributed by atoms with Crippen molar-refractivity contribution in [2.75, 3.05) is 0 Å². The van der Waals surface area contributed by atoms with Gasteiger partial charge in [0.15, 0.2) is 0 Å². The fourth-order valence-corrected chi connectivity index (χ4v) is 7.04. The first-order valence-corrected chi connectivity index (χ1v) is 16.1. The minimum absolute atomic E-state index is 0.155. The smallest absolute Gasteiger partial charge is 0.114 e. The molecule has 0 N–H and O–H groups in total. The molecule has 0 aliphatic heterocycles. The molecule has 0 aliphatic rings. The Hall–Kier alpha value is -6.25. The number of nitrogens with zero attached hydrogens (tertiary/aromatic N) is 2. The Bertz CT molecular complexity index is 3030. The average molecular weight is 637 g/mol. The Morgan fingerprint density at radius 2 is 1.06 bits per heavy atom. The highest BCUT2D eigenvalue weighted by Gasteiger charge is 2.19. The van der Waals surface area contributed by atoms with E-state index in [1.165, 1.54) is 0 Å². The molecule has 0 atom stereocenters. The zero-order valence-corrected chi connectivity index (χ0v) is 26.3. The van der Waals surface area contributed by atoms with Gasteiger partial charge in [-0.3, -0.25) is 4.57 Å². The van der Waals surface area contributed by atoms with Crippen molar-refractivity contribution in [3.05, 3.63) is 182 Å². The number of fused-ring (bicyclic) bond motifs is 3. The number of hydrogen-bond acceptors (Lipinski definition) is 1. The number of aromatic nitrogens is 2. The second-order valence-corrected chi connectivity index (χ2v) is 11.9. The summed E-state index contributed by atoms with van der Waals surface area (Å²) in [5.41, 5.74) is 7.96. The normalized spacial score (nSPS) is 14.9. The van der Waals surface area contributed by atoms with Crippen molar-refractivity contribution in [3.8, 4) is 50.2 Å². The average Bonchev–Trinajstić information content (AvgIpc) is 3.65. The lowest BCUT2D eigenvalue weighted by Crippen LogP contribution is -1.99. The number of hydrogen-bond donors (Lipinski definition) is 0. The van der Waals surface area contributed by atoms with Gasteiger partial charge in [-0.15, -0.1) is 0 Å². The molecule has 0 radical (unpaired) electrons. The molecule has 0 bridgehead atoms. The minimum Gasteiger partial charge on any atom is -0.296 e. The van der Waals surface area contributed by atoms with Gasteiger partial charge < -0.3 is 0 Å². The van der Waals surface area contributed by atoms with E-state index in [-0.39, 0.29) is 35.6 Å². The Morgan fingerprint density at radius 1 is 0.531 bits per heavy atom. The number of para-hydroxylation sites is 2. The number of benzene rings is 8. The molecule has 2 nitrogen and oxygen atoms in total. The van der Waals surface area contributed by atoms with Crippen LogP contribution in [-0.4, -0.2) is 9.55 Å². The van der Waals surface area contributed by atoms with Crippen molar-refractivity contribution in [1.29, 1.82) is 0 Å². The van der Waals surface area contributed by atoms with Gasteiger partial charge in [-0.05, 0) is 90.3 Å². The maximum Gasteiger partial charge on any atom is 0.114 e. The third-order valence-electron chi connectivity index (χ3n) is 9.20. The molecule has 0 unspecified atom stereocenters. The van der Waals surface area contributed by atoms with Gasteiger partial charge in [0, 0.05) is 18.9 Å². The summed E-state index contributed by atoms with van der Waals surface area (Å²) in [6.07, 6.45) is -2.69. The van der Waals surface area contributed by atoms with E-state index in [0.29, 0.717) is 22.3 Å². The lowest BCUT2D eigenvalue weighted by Gasteiger charge is -2.19. The van der Waals surface area contributed by atoms with Crippen LogP contribution >= 0.6 is 0 Å². The third kappa shape index (κ3) is 4.92. The Kier molecular flexibility index (Phi) is 4.98. The maximum absolute atomic E-state index is 8.80. The molecule has 232 valence electrons. The summed E-state index contributed by atoms with van der Waals surface area (Å²) < 4.78 is 85.0. The summed E-state index contributed by atoms with van der Waals surface area (Å²) in [4.78, 5) is 4.44. The van der Waals surface area contributed by atoms with Crippen LogP contribution in [0.5, 0.6) is 0 Å². The Labute approximate surface area is 300 Å². The van der Waals surface area contributed by atoms with E-state index in [9.17, 15) is 0 Å². The van der Waals surface area contributed by atoms with E-state index in [4.69, 9.17) is 13.7 Å². The molecule has 0 spiro atoms. The fourth-order valence-electron chi connectivity index (χ4n) is 7.04. The molecule has 49 heavy (non-hydrogen) atoms. The molecule has 9 aromatic rings. The second kappa shape index (κ2) is 12.1. The van der Waals surface area contributed by atoms with E-state index in [2.05, 4.69) is 53.5 Å². The highest BCUT2D eigenvalue weighted by Crippen LogP contribution is 2.46. The summed E-state index contributed by atoms with van der Waals surface area (Å²) in [7, 11) is 0. The summed E-state index contributed by atoms with van der Waals surface area (Å²) in [5.74, 6) is -0.182. The molecular formula is C47H34N2. The van der Waals surface area contributed by atoms with Gasteiger partial charge in [0.05, 0.1) is 17.9 Å². The molecule has 2 heteroatoms. The van der Waals surface area contributed by atoms with Crippen molar-refractivity contribution in [1.82, 2.24) is 9.55 Å². The first-order valence-electron chi connectivity index (χ1n) is 21.1. The highest BCUT2D eigenvalue weighted by molar-refractivity contribution is 6.22. The maximum atomic E-state index is 8.80. The molecule has 0 saturated heterocycles. The van der Waals surface area contributed by atoms with E-state index in [1.54, 1.807) is 22.8 Å². The predicted octanol–water partition coefficient (Wildman–Crippen LogP) is 12.6. The zero-order chi connectivity index (χ0) is 41.4. The Balaban J connectivity index is 1.15. The first kappa shape index (κ1) is 20.2. The molecule has 1 heterocycles. The van der Waals surface area contributed by atoms with Gasteiger partial charge in [0.1, 0.15) is 5.82 Å². The molecule has 9 rings (SSSR count). The van der Waals surface area contributed by atoms with Crippen LogP contribution in [0.25, 0.3) is 82.8 Å². The fraction of sp³-hybridized carbons (Fsp3) is 0.0426. The van der Waals surface area contributed by atoms with Crippen molar-refractivity contribution < 1.29 is 13.7 Å². The molecular weight excluding hydrogens is 593 g/mol. The van der Waals surface area contributed by atoms with Gasteiger partial charge in [0.2, 0.25) is 0 Å². The van der Waals surface area contributed by atoms with E-state index in [0.717, 1.165) is 54.9 Å². The first-order chi connectivity index (χ1) is 28.3. The van der Waals surface area contributed by atoms with Crippen LogP contribution in [0, 0.1) is 0 Å². The lowest BCUT2D eigenvalue weighted by molar-refractivity contribution is 0.908. The van der Waals surface area contributed by atoms with Gasteiger partial charge in [0.25, 0.3) is 0 Å². The molecule has 8 aromatic carbocycles. The second-order valence-electron chi connectivity index (χ2n) is 11.9. The van der Waals surface area contributed by atoms with Crippen LogP contribution in [-0.2, 0) is 6.37 Å². The summed E-state index contributed by atoms with van der Waals surface area (Å²) in [6.45, 7) is -2.93. The topological polar surface area (TPSA) is 17.8 Å². The zero-order valence-electron chi connectivity index (χ0n) is 36.3. The van der Waals surface area contributed by atoms with Crippen LogP contribution in [0.15, 0.2) is 176 Å². The Morgan fingerprint density at radius 3 is 1.71 bits per heavy atom. The monoisotopic (exact) mass is 636 g/mol. The van der Waals surface area contributed by atoms with Gasteiger partial charge in [-0.25, -0.2) is 4.98 Å². The van der Waals surface area contributed by atoms with Crippen LogP contribution in [0.1, 0.15) is 26.4 Å². The third-order valence-corrected chi connectivity index (χ3v) is 9.20. The lowest BCUT2D eigenvalue weighted by atomic mass is 9.83. The SMILES string of the molecule is [2H]c1c([2H])c([2H])c(-c2ccccc2-c2c3ccccc3c(-c3ccc(-c4ccc(-n5c(C([2H])([2H])C([2H])([2H])[2H])nc6ccccc65)cc4)cc3)c3ccccc23)c([2H])c1[2H]. The minimum atomic E-state index is -2.93. The van der Waals surface area contributed by atoms with Gasteiger partial charge in [-0.2, -0.15) is 0 Å². The van der Waals surface area contributed by atoms with Crippen LogP contribution < -0.4 is 0 Å². The highest BCUT2D eigenvalue weighted by atomic mass is 15.1. The van der Waals surface area contributed by atoms with Crippen molar-refractivity contribution >= 4 is 32.6 Å². The van der Waals surface area contributed by atoms with E-state index < -0.39 is 19.3 Å². The number of imidazole rings is 1. The van der Waals surface area contributed by atoms with E-state index in [1.807, 2.05) is 78.9 Å². The van der Waals surface area contributed by atoms with E-state index >= 15 is 0 Å². The van der Waals surface area contributed by atoms with Gasteiger partial charge >= 0.3 is 0 Å². The van der Waals surface area contributed by atoms with Crippen LogP contribution in [0.2, 0.25) is 0 Å². The number of rotatable bonds is 6. The van der Waals surface area contributed by atoms with Gasteiger partial charge in [-0.1, -0.05) is 158 Å². The summed E-state index contributed by atoms with van der Waals surface area (Å²) >= 11 is 0. The molecule has 0 aliphatic carbocycles. The van der Waals surface area contributed by atoms with Crippen LogP contribution in [0.3, 0.4) is 0 Å². The molecule has 0 saturated carbocycles. The standard InChI is InChI=1S/C47H34N2/c1-2-45-48-43-22-12-13-23-44(43)49(45)36-30-28-33(29-31-36)32-24-26-35(27-25-32)46-39-18-8-10-20-41(39)47(42-21-11-9-19-40(42)46)38-17-7-6-16-37(38)34-14-4-3-5-15-34/h3-31H,2H2,1H3/i1D3,2D2,3D,4D,5D,14D,15D. The summed E-state index contributed by atoms with van der Waals surface area (Å²) in [5, 5.41) is 3.90. The molecule has 0 fully saturated rings. The molecule has 0 amide bonds. The number of aryl methyl sites for hydroxylation is 1. The summed E-state index contributed by atoms with van der Waals surface area (Å²) in [6, 6.07) is 45.1. The van der Waals surface area contributed by atoms with Crippen molar-refractivity contribution in [2.24, 2.45) is 0 Å². The molecule has 1 aromatic heterocycles. The quantitative estimate of drug-likeness (QED) is 0.166. The van der Waals surface area contributed by atoms with Crippen LogP contribution in [0.4, 0.5) is 0 Å². The van der Waals surface area contributed by atoms with Crippen molar-refractivity contribution in [2.45, 2.75) is 13.2 Å². The largest absolute Gasteiger partial charge is 0.296 e.